The minimum atomic E-state index is 0.313. The van der Waals surface area contributed by atoms with Gasteiger partial charge in [-0.2, -0.15) is 4.98 Å². The van der Waals surface area contributed by atoms with Crippen molar-refractivity contribution in [3.63, 3.8) is 0 Å². The summed E-state index contributed by atoms with van der Waals surface area (Å²) in [5, 5.41) is 6.56. The molecule has 0 aliphatic heterocycles. The van der Waals surface area contributed by atoms with Crippen molar-refractivity contribution in [2.75, 3.05) is 5.73 Å². The first-order valence-corrected chi connectivity index (χ1v) is 4.55. The summed E-state index contributed by atoms with van der Waals surface area (Å²) in [6.07, 6.45) is 1.80. The van der Waals surface area contributed by atoms with Crippen LogP contribution in [0.5, 0.6) is 0 Å². The van der Waals surface area contributed by atoms with Gasteiger partial charge in [-0.1, -0.05) is 30.3 Å². The molecule has 0 saturated heterocycles. The number of anilines is 1. The van der Waals surface area contributed by atoms with E-state index in [0.29, 0.717) is 5.95 Å². The van der Waals surface area contributed by atoms with E-state index in [9.17, 15) is 0 Å². The van der Waals surface area contributed by atoms with Crippen molar-refractivity contribution >= 4 is 5.95 Å². The van der Waals surface area contributed by atoms with Gasteiger partial charge in [0.2, 0.25) is 5.95 Å². The topological polar surface area (TPSA) is 67.6 Å². The van der Waals surface area contributed by atoms with Gasteiger partial charge in [-0.25, -0.2) is 0 Å². The highest BCUT2D eigenvalue weighted by Gasteiger charge is 1.99. The Labute approximate surface area is 82.2 Å². The molecule has 1 aromatic carbocycles. The van der Waals surface area contributed by atoms with E-state index < -0.39 is 0 Å². The molecule has 3 N–H and O–H groups in total. The van der Waals surface area contributed by atoms with Crippen LogP contribution in [0.15, 0.2) is 30.3 Å². The average Bonchev–Trinajstić information content (AvgIpc) is 2.63. The summed E-state index contributed by atoms with van der Waals surface area (Å²) in [5.74, 6) is 1.15. The Morgan fingerprint density at radius 3 is 2.57 bits per heavy atom. The number of benzene rings is 1. The monoisotopic (exact) mass is 188 g/mol. The van der Waals surface area contributed by atoms with Crippen LogP contribution >= 0.6 is 0 Å². The van der Waals surface area contributed by atoms with Crippen molar-refractivity contribution in [2.24, 2.45) is 0 Å². The van der Waals surface area contributed by atoms with Crippen molar-refractivity contribution in [2.45, 2.75) is 12.8 Å². The predicted molar refractivity (Wildman–Crippen MR) is 54.6 cm³/mol. The smallest absolute Gasteiger partial charge is 0.239 e. The molecule has 4 heteroatoms. The molecule has 0 amide bonds. The van der Waals surface area contributed by atoms with Gasteiger partial charge in [0.1, 0.15) is 5.82 Å². The highest BCUT2D eigenvalue weighted by molar-refractivity contribution is 5.17. The quantitative estimate of drug-likeness (QED) is 0.759. The van der Waals surface area contributed by atoms with Crippen molar-refractivity contribution in [1.29, 1.82) is 0 Å². The first-order valence-electron chi connectivity index (χ1n) is 4.55. The molecular weight excluding hydrogens is 176 g/mol. The standard InChI is InChI=1S/C10H12N4/c11-10-12-9(13-14-10)7-6-8-4-2-1-3-5-8/h1-5H,6-7H2,(H3,11,12,13,14). The van der Waals surface area contributed by atoms with Crippen LogP contribution in [0.3, 0.4) is 0 Å². The number of aromatic nitrogens is 3. The summed E-state index contributed by atoms with van der Waals surface area (Å²) in [6.45, 7) is 0. The zero-order valence-corrected chi connectivity index (χ0v) is 7.77. The summed E-state index contributed by atoms with van der Waals surface area (Å²) >= 11 is 0. The summed E-state index contributed by atoms with van der Waals surface area (Å²) in [7, 11) is 0. The molecule has 1 heterocycles. The number of nitrogen functional groups attached to an aromatic ring is 1. The molecule has 0 aliphatic rings. The Hall–Kier alpha value is -1.84. The number of hydrogen-bond acceptors (Lipinski definition) is 3. The number of H-pyrrole nitrogens is 1. The van der Waals surface area contributed by atoms with Gasteiger partial charge in [-0.05, 0) is 12.0 Å². The minimum Gasteiger partial charge on any atom is -0.367 e. The second-order valence-electron chi connectivity index (χ2n) is 3.13. The van der Waals surface area contributed by atoms with Crippen LogP contribution in [0, 0.1) is 0 Å². The number of aryl methyl sites for hydroxylation is 2. The molecule has 2 aromatic rings. The van der Waals surface area contributed by atoms with Gasteiger partial charge in [0.05, 0.1) is 0 Å². The van der Waals surface area contributed by atoms with Gasteiger partial charge in [0.25, 0.3) is 0 Å². The second kappa shape index (κ2) is 3.91. The van der Waals surface area contributed by atoms with E-state index in [2.05, 4.69) is 27.3 Å². The molecule has 4 nitrogen and oxygen atoms in total. The SMILES string of the molecule is Nc1n[nH]c(CCc2ccccc2)n1. The Bertz CT molecular complexity index is 394. The van der Waals surface area contributed by atoms with E-state index >= 15 is 0 Å². The van der Waals surface area contributed by atoms with Gasteiger partial charge in [-0.15, -0.1) is 5.10 Å². The van der Waals surface area contributed by atoms with E-state index in [1.54, 1.807) is 0 Å². The molecular formula is C10H12N4. The predicted octanol–water partition coefficient (Wildman–Crippen LogP) is 1.17. The maximum absolute atomic E-state index is 5.39. The van der Waals surface area contributed by atoms with Crippen LogP contribution in [0.25, 0.3) is 0 Å². The van der Waals surface area contributed by atoms with Gasteiger partial charge >= 0.3 is 0 Å². The van der Waals surface area contributed by atoms with E-state index in [1.165, 1.54) is 5.56 Å². The maximum atomic E-state index is 5.39. The molecule has 0 aliphatic carbocycles. The third kappa shape index (κ3) is 2.10. The van der Waals surface area contributed by atoms with Crippen LogP contribution in [0.2, 0.25) is 0 Å². The average molecular weight is 188 g/mol. The number of aromatic amines is 1. The maximum Gasteiger partial charge on any atom is 0.239 e. The molecule has 2 rings (SSSR count). The van der Waals surface area contributed by atoms with Crippen LogP contribution in [0.1, 0.15) is 11.4 Å². The van der Waals surface area contributed by atoms with E-state index in [4.69, 9.17) is 5.73 Å². The zero-order valence-electron chi connectivity index (χ0n) is 7.77. The number of nitrogens with two attached hydrogens (primary N) is 1. The van der Waals surface area contributed by atoms with Crippen LogP contribution in [-0.2, 0) is 12.8 Å². The second-order valence-corrected chi connectivity index (χ2v) is 3.13. The van der Waals surface area contributed by atoms with E-state index in [0.717, 1.165) is 18.7 Å². The lowest BCUT2D eigenvalue weighted by molar-refractivity contribution is 0.865. The Morgan fingerprint density at radius 1 is 1.14 bits per heavy atom. The largest absolute Gasteiger partial charge is 0.367 e. The lowest BCUT2D eigenvalue weighted by Gasteiger charge is -1.97. The third-order valence-electron chi connectivity index (χ3n) is 2.04. The first-order chi connectivity index (χ1) is 6.84. The summed E-state index contributed by atoms with van der Waals surface area (Å²) < 4.78 is 0. The molecule has 0 saturated carbocycles. The van der Waals surface area contributed by atoms with Crippen molar-refractivity contribution in [3.05, 3.63) is 41.7 Å². The molecule has 0 spiro atoms. The highest BCUT2D eigenvalue weighted by Crippen LogP contribution is 2.03. The first kappa shape index (κ1) is 8.74. The van der Waals surface area contributed by atoms with Crippen molar-refractivity contribution < 1.29 is 0 Å². The highest BCUT2D eigenvalue weighted by atomic mass is 15.3. The fraction of sp³-hybridized carbons (Fsp3) is 0.200. The Kier molecular flexibility index (Phi) is 2.44. The fourth-order valence-electron chi connectivity index (χ4n) is 1.33. The van der Waals surface area contributed by atoms with Crippen LogP contribution in [0.4, 0.5) is 5.95 Å². The molecule has 0 unspecified atom stereocenters. The lowest BCUT2D eigenvalue weighted by Crippen LogP contribution is -1.93. The number of nitrogens with one attached hydrogen (secondary N) is 1. The summed E-state index contributed by atoms with van der Waals surface area (Å²) in [6, 6.07) is 10.3. The summed E-state index contributed by atoms with van der Waals surface area (Å²) in [5.41, 5.74) is 6.69. The fourth-order valence-corrected chi connectivity index (χ4v) is 1.33. The number of hydrogen-bond donors (Lipinski definition) is 2. The lowest BCUT2D eigenvalue weighted by atomic mass is 10.1. The number of nitrogens with zero attached hydrogens (tertiary/aromatic N) is 2. The minimum absolute atomic E-state index is 0.313. The van der Waals surface area contributed by atoms with Crippen molar-refractivity contribution in [1.82, 2.24) is 15.2 Å². The Balaban J connectivity index is 1.95. The van der Waals surface area contributed by atoms with E-state index in [-0.39, 0.29) is 0 Å². The van der Waals surface area contributed by atoms with Gasteiger partial charge < -0.3 is 5.73 Å². The van der Waals surface area contributed by atoms with Crippen LogP contribution < -0.4 is 5.73 Å². The molecule has 0 atom stereocenters. The van der Waals surface area contributed by atoms with Gasteiger partial charge in [-0.3, -0.25) is 5.10 Å². The van der Waals surface area contributed by atoms with Crippen molar-refractivity contribution in [3.8, 4) is 0 Å². The Morgan fingerprint density at radius 2 is 1.93 bits per heavy atom. The molecule has 0 radical (unpaired) electrons. The molecule has 0 bridgehead atoms. The van der Waals surface area contributed by atoms with Gasteiger partial charge in [0, 0.05) is 6.42 Å². The third-order valence-corrected chi connectivity index (χ3v) is 2.04. The normalized spacial score (nSPS) is 10.3. The van der Waals surface area contributed by atoms with Gasteiger partial charge in [0.15, 0.2) is 0 Å². The van der Waals surface area contributed by atoms with E-state index in [1.807, 2.05) is 18.2 Å². The molecule has 72 valence electrons. The van der Waals surface area contributed by atoms with Crippen LogP contribution in [-0.4, -0.2) is 15.2 Å². The molecule has 14 heavy (non-hydrogen) atoms. The number of rotatable bonds is 3. The summed E-state index contributed by atoms with van der Waals surface area (Å²) in [4.78, 5) is 4.04. The zero-order chi connectivity index (χ0) is 9.80. The molecule has 1 aromatic heterocycles. The molecule has 0 fully saturated rings.